The van der Waals surface area contributed by atoms with Crippen molar-refractivity contribution in [2.45, 2.75) is 44.7 Å². The summed E-state index contributed by atoms with van der Waals surface area (Å²) in [5, 5.41) is 6.52. The molecule has 104 valence electrons. The van der Waals surface area contributed by atoms with E-state index in [1.807, 2.05) is 17.1 Å². The van der Waals surface area contributed by atoms with Crippen LogP contribution in [0.15, 0.2) is 15.2 Å². The van der Waals surface area contributed by atoms with Crippen LogP contribution in [0.5, 0.6) is 0 Å². The highest BCUT2D eigenvalue weighted by Crippen LogP contribution is 2.38. The third kappa shape index (κ3) is 3.05. The van der Waals surface area contributed by atoms with Crippen LogP contribution in [-0.4, -0.2) is 21.4 Å². The molecule has 0 unspecified atom stereocenters. The molecule has 0 radical (unpaired) electrons. The van der Waals surface area contributed by atoms with Crippen LogP contribution in [0.25, 0.3) is 0 Å². The van der Waals surface area contributed by atoms with E-state index < -0.39 is 0 Å². The number of hydrogen-bond acceptors (Lipinski definition) is 4. The lowest BCUT2D eigenvalue weighted by Crippen LogP contribution is -2.46. The third-order valence-corrected chi connectivity index (χ3v) is 5.97. The number of thioether (sulfide) groups is 1. The Morgan fingerprint density at radius 2 is 2.26 bits per heavy atom. The van der Waals surface area contributed by atoms with E-state index in [1.165, 1.54) is 37.0 Å². The summed E-state index contributed by atoms with van der Waals surface area (Å²) in [6.45, 7) is 2.91. The van der Waals surface area contributed by atoms with Crippen molar-refractivity contribution in [3.05, 3.63) is 20.7 Å². The molecule has 3 rings (SSSR count). The molecule has 1 saturated carbocycles. The maximum absolute atomic E-state index is 11.1. The van der Waals surface area contributed by atoms with Gasteiger partial charge in [-0.25, -0.2) is 0 Å². The van der Waals surface area contributed by atoms with Crippen LogP contribution in [0.4, 0.5) is 0 Å². The summed E-state index contributed by atoms with van der Waals surface area (Å²) in [4.78, 5) is 18.4. The molecule has 2 aliphatic rings. The van der Waals surface area contributed by atoms with Crippen LogP contribution in [0, 0.1) is 5.92 Å². The minimum Gasteiger partial charge on any atom is -0.359 e. The highest BCUT2D eigenvalue weighted by molar-refractivity contribution is 8.14. The number of rotatable bonds is 2. The molecule has 2 fully saturated rings. The van der Waals surface area contributed by atoms with Crippen LogP contribution in [0.2, 0.25) is 0 Å². The molecule has 0 bridgehead atoms. The molecule has 1 spiro atoms. The average molecular weight is 297 g/mol. The SMILES string of the molecule is CC1CCC2(CC1)CSC(=NCc1csc(=O)[nH]1)N2. The first-order chi connectivity index (χ1) is 9.15. The standard InChI is InChI=1S/C13H19N3OS2/c1-9-2-4-13(5-3-9)8-19-11(16-13)14-6-10-7-18-12(17)15-10/h7,9H,2-6,8H2,1H3,(H,14,16)(H,15,17). The van der Waals surface area contributed by atoms with Gasteiger partial charge in [0.05, 0.1) is 12.2 Å². The number of aromatic amines is 1. The number of hydrogen-bond donors (Lipinski definition) is 2. The van der Waals surface area contributed by atoms with Gasteiger partial charge in [-0.3, -0.25) is 9.79 Å². The van der Waals surface area contributed by atoms with Crippen LogP contribution in [-0.2, 0) is 6.54 Å². The van der Waals surface area contributed by atoms with Crippen molar-refractivity contribution in [1.82, 2.24) is 10.3 Å². The van der Waals surface area contributed by atoms with E-state index in [-0.39, 0.29) is 10.4 Å². The maximum atomic E-state index is 11.1. The number of nitrogens with one attached hydrogen (secondary N) is 2. The molecular weight excluding hydrogens is 278 g/mol. The van der Waals surface area contributed by atoms with Gasteiger partial charge in [0.25, 0.3) is 0 Å². The molecule has 2 heterocycles. The fraction of sp³-hybridized carbons (Fsp3) is 0.692. The minimum atomic E-state index is -0.0000254. The molecule has 0 amide bonds. The van der Waals surface area contributed by atoms with Gasteiger partial charge in [0.2, 0.25) is 0 Å². The lowest BCUT2D eigenvalue weighted by molar-refractivity contribution is 0.251. The first-order valence-corrected chi connectivity index (χ1v) is 8.64. The monoisotopic (exact) mass is 297 g/mol. The second-order valence-electron chi connectivity index (χ2n) is 5.67. The first kappa shape index (κ1) is 13.2. The molecule has 0 atom stereocenters. The molecule has 19 heavy (non-hydrogen) atoms. The lowest BCUT2D eigenvalue weighted by Gasteiger charge is -2.35. The zero-order valence-electron chi connectivity index (χ0n) is 11.1. The Hall–Kier alpha value is -0.750. The molecule has 1 aliphatic heterocycles. The molecule has 1 aromatic heterocycles. The number of aliphatic imine (C=N–C) groups is 1. The number of amidine groups is 1. The molecular formula is C13H19N3OS2. The number of H-pyrrole nitrogens is 1. The van der Waals surface area contributed by atoms with Gasteiger partial charge in [0.15, 0.2) is 5.17 Å². The van der Waals surface area contributed by atoms with Gasteiger partial charge in [0.1, 0.15) is 0 Å². The Morgan fingerprint density at radius 1 is 1.47 bits per heavy atom. The first-order valence-electron chi connectivity index (χ1n) is 6.77. The normalized spacial score (nSPS) is 32.9. The summed E-state index contributed by atoms with van der Waals surface area (Å²) in [6.07, 6.45) is 5.16. The fourth-order valence-electron chi connectivity index (χ4n) is 2.72. The molecule has 0 aromatic carbocycles. The molecule has 1 saturated heterocycles. The second-order valence-corrected chi connectivity index (χ2v) is 7.48. The van der Waals surface area contributed by atoms with Crippen LogP contribution >= 0.6 is 23.1 Å². The van der Waals surface area contributed by atoms with Gasteiger partial charge >= 0.3 is 4.87 Å². The summed E-state index contributed by atoms with van der Waals surface area (Å²) < 4.78 is 0. The number of aromatic nitrogens is 1. The van der Waals surface area contributed by atoms with Crippen molar-refractivity contribution in [1.29, 1.82) is 0 Å². The van der Waals surface area contributed by atoms with Crippen molar-refractivity contribution >= 4 is 28.3 Å². The van der Waals surface area contributed by atoms with E-state index >= 15 is 0 Å². The van der Waals surface area contributed by atoms with Gasteiger partial charge < -0.3 is 10.3 Å². The van der Waals surface area contributed by atoms with Crippen molar-refractivity contribution in [2.75, 3.05) is 5.75 Å². The van der Waals surface area contributed by atoms with Crippen LogP contribution < -0.4 is 10.2 Å². The predicted molar refractivity (Wildman–Crippen MR) is 82.0 cm³/mol. The Labute approximate surface area is 121 Å². The smallest absolute Gasteiger partial charge is 0.304 e. The van der Waals surface area contributed by atoms with Gasteiger partial charge in [0, 0.05) is 16.7 Å². The summed E-state index contributed by atoms with van der Waals surface area (Å²) in [6, 6.07) is 0. The highest BCUT2D eigenvalue weighted by atomic mass is 32.2. The van der Waals surface area contributed by atoms with E-state index in [4.69, 9.17) is 0 Å². The zero-order valence-corrected chi connectivity index (χ0v) is 12.7. The Balaban J connectivity index is 1.60. The topological polar surface area (TPSA) is 57.2 Å². The molecule has 6 heteroatoms. The van der Waals surface area contributed by atoms with Gasteiger partial charge in [-0.2, -0.15) is 0 Å². The second kappa shape index (κ2) is 5.32. The van der Waals surface area contributed by atoms with Gasteiger partial charge in [-0.15, -0.1) is 0 Å². The van der Waals surface area contributed by atoms with E-state index in [0.29, 0.717) is 6.54 Å². The number of thiazole rings is 1. The summed E-state index contributed by atoms with van der Waals surface area (Å²) >= 11 is 3.03. The molecule has 2 N–H and O–H groups in total. The average Bonchev–Trinajstić information content (AvgIpc) is 2.99. The van der Waals surface area contributed by atoms with Gasteiger partial charge in [-0.05, 0) is 31.6 Å². The molecule has 4 nitrogen and oxygen atoms in total. The van der Waals surface area contributed by atoms with E-state index in [0.717, 1.165) is 22.5 Å². The van der Waals surface area contributed by atoms with Gasteiger partial charge in [-0.1, -0.05) is 30.0 Å². The highest BCUT2D eigenvalue weighted by Gasteiger charge is 2.39. The quantitative estimate of drug-likeness (QED) is 0.882. The van der Waals surface area contributed by atoms with Crippen molar-refractivity contribution in [2.24, 2.45) is 10.9 Å². The zero-order chi connectivity index (χ0) is 13.3. The van der Waals surface area contributed by atoms with Crippen molar-refractivity contribution in [3.8, 4) is 0 Å². The molecule has 1 aromatic rings. The van der Waals surface area contributed by atoms with E-state index in [9.17, 15) is 4.79 Å². The Morgan fingerprint density at radius 3 is 2.95 bits per heavy atom. The van der Waals surface area contributed by atoms with Crippen molar-refractivity contribution < 1.29 is 0 Å². The van der Waals surface area contributed by atoms with E-state index in [2.05, 4.69) is 22.2 Å². The molecule has 1 aliphatic carbocycles. The fourth-order valence-corrected chi connectivity index (χ4v) is 4.51. The maximum Gasteiger partial charge on any atom is 0.304 e. The predicted octanol–water partition coefficient (Wildman–Crippen LogP) is 2.58. The Kier molecular flexibility index (Phi) is 3.71. The lowest BCUT2D eigenvalue weighted by atomic mass is 9.78. The van der Waals surface area contributed by atoms with Crippen LogP contribution in [0.1, 0.15) is 38.3 Å². The largest absolute Gasteiger partial charge is 0.359 e. The van der Waals surface area contributed by atoms with Crippen LogP contribution in [0.3, 0.4) is 0 Å². The number of nitrogens with zero attached hydrogens (tertiary/aromatic N) is 1. The summed E-state index contributed by atoms with van der Waals surface area (Å²) in [7, 11) is 0. The summed E-state index contributed by atoms with van der Waals surface area (Å²) in [5.41, 5.74) is 1.20. The third-order valence-electron chi connectivity index (χ3n) is 4.05. The minimum absolute atomic E-state index is 0.0000254. The van der Waals surface area contributed by atoms with Crippen molar-refractivity contribution in [3.63, 3.8) is 0 Å². The Bertz CT molecular complexity index is 526. The summed E-state index contributed by atoms with van der Waals surface area (Å²) in [5.74, 6) is 2.01. The van der Waals surface area contributed by atoms with E-state index in [1.54, 1.807) is 0 Å².